The third-order valence-corrected chi connectivity index (χ3v) is 6.95. The van der Waals surface area contributed by atoms with Gasteiger partial charge in [-0.1, -0.05) is 35.9 Å². The number of halogens is 1. The van der Waals surface area contributed by atoms with Gasteiger partial charge in [0, 0.05) is 30.4 Å². The number of carbonyl (C=O) groups excluding carboxylic acids is 1. The van der Waals surface area contributed by atoms with Crippen LogP contribution in [0.25, 0.3) is 0 Å². The van der Waals surface area contributed by atoms with Crippen molar-refractivity contribution in [3.8, 4) is 0 Å². The summed E-state index contributed by atoms with van der Waals surface area (Å²) in [5.74, 6) is -0.210. The normalized spacial score (nSPS) is 11.4. The van der Waals surface area contributed by atoms with Crippen LogP contribution in [0, 0.1) is 0 Å². The Morgan fingerprint density at radius 3 is 2.38 bits per heavy atom. The van der Waals surface area contributed by atoms with E-state index in [0.717, 1.165) is 28.7 Å². The van der Waals surface area contributed by atoms with Gasteiger partial charge in [-0.2, -0.15) is 0 Å². The van der Waals surface area contributed by atoms with E-state index in [4.69, 9.17) is 16.3 Å². The first-order valence-electron chi connectivity index (χ1n) is 11.3. The van der Waals surface area contributed by atoms with Crippen molar-refractivity contribution in [2.75, 3.05) is 13.2 Å². The van der Waals surface area contributed by atoms with Crippen LogP contribution in [0.1, 0.15) is 42.0 Å². The first kappa shape index (κ1) is 25.9. The van der Waals surface area contributed by atoms with Gasteiger partial charge in [-0.15, -0.1) is 0 Å². The molecule has 6 nitrogen and oxygen atoms in total. The van der Waals surface area contributed by atoms with Crippen molar-refractivity contribution in [2.45, 2.75) is 43.9 Å². The van der Waals surface area contributed by atoms with E-state index in [9.17, 15) is 13.2 Å². The number of hydrogen-bond donors (Lipinski definition) is 1. The highest BCUT2D eigenvalue weighted by molar-refractivity contribution is 7.89. The number of ether oxygens (including phenoxy) is 1. The molecular weight excluding hydrogens is 472 g/mol. The van der Waals surface area contributed by atoms with Gasteiger partial charge in [0.25, 0.3) is 0 Å². The van der Waals surface area contributed by atoms with Crippen LogP contribution in [0.3, 0.4) is 0 Å². The monoisotopic (exact) mass is 500 g/mol. The largest absolute Gasteiger partial charge is 0.466 e. The van der Waals surface area contributed by atoms with Crippen LogP contribution < -0.4 is 4.72 Å². The lowest BCUT2D eigenvalue weighted by Crippen LogP contribution is -2.25. The molecule has 0 aliphatic rings. The fourth-order valence-electron chi connectivity index (χ4n) is 3.64. The van der Waals surface area contributed by atoms with Crippen LogP contribution in [0.15, 0.2) is 71.9 Å². The van der Waals surface area contributed by atoms with Crippen LogP contribution >= 0.6 is 11.6 Å². The predicted molar refractivity (Wildman–Crippen MR) is 133 cm³/mol. The zero-order valence-corrected chi connectivity index (χ0v) is 20.7. The fraction of sp³-hybridized carbons (Fsp3) is 0.308. The second-order valence-corrected chi connectivity index (χ2v) is 10.2. The van der Waals surface area contributed by atoms with Crippen molar-refractivity contribution in [2.24, 2.45) is 0 Å². The summed E-state index contributed by atoms with van der Waals surface area (Å²) in [4.78, 5) is 16.2. The summed E-state index contributed by atoms with van der Waals surface area (Å²) in [6.45, 7) is 2.48. The van der Waals surface area contributed by atoms with Gasteiger partial charge in [0.2, 0.25) is 10.0 Å². The number of sulfonamides is 1. The standard InChI is InChI=1S/C26H29ClN2O4S/c1-2-33-26(30)12-7-21-15-20(16-23(17-21)18-22-6-3-13-28-19-22)5-4-14-29-34(31,32)25-10-8-24(27)9-11-25/h3,6,8-11,13,15-17,19,29H,2,4-5,7,12,14,18H2,1H3. The quantitative estimate of drug-likeness (QED) is 0.287. The molecule has 8 heteroatoms. The minimum absolute atomic E-state index is 0.191. The average molecular weight is 501 g/mol. The van der Waals surface area contributed by atoms with E-state index in [1.165, 1.54) is 12.1 Å². The third-order valence-electron chi connectivity index (χ3n) is 5.22. The lowest BCUT2D eigenvalue weighted by molar-refractivity contribution is -0.143. The number of esters is 1. The van der Waals surface area contributed by atoms with Gasteiger partial charge < -0.3 is 4.74 Å². The van der Waals surface area contributed by atoms with E-state index in [1.54, 1.807) is 25.3 Å². The molecule has 1 heterocycles. The van der Waals surface area contributed by atoms with E-state index in [-0.39, 0.29) is 10.9 Å². The molecule has 3 rings (SSSR count). The van der Waals surface area contributed by atoms with Crippen LogP contribution in [0.4, 0.5) is 0 Å². The molecule has 34 heavy (non-hydrogen) atoms. The molecule has 0 saturated carbocycles. The summed E-state index contributed by atoms with van der Waals surface area (Å²) in [7, 11) is -3.58. The summed E-state index contributed by atoms with van der Waals surface area (Å²) in [5.41, 5.74) is 4.40. The number of aromatic nitrogens is 1. The van der Waals surface area contributed by atoms with Gasteiger partial charge in [0.1, 0.15) is 0 Å². The molecule has 2 aromatic carbocycles. The molecule has 0 saturated heterocycles. The van der Waals surface area contributed by atoms with Crippen molar-refractivity contribution in [1.29, 1.82) is 0 Å². The van der Waals surface area contributed by atoms with Crippen molar-refractivity contribution in [1.82, 2.24) is 9.71 Å². The smallest absolute Gasteiger partial charge is 0.306 e. The summed E-state index contributed by atoms with van der Waals surface area (Å²) in [6, 6.07) is 16.4. The summed E-state index contributed by atoms with van der Waals surface area (Å²) in [5, 5.41) is 0.490. The van der Waals surface area contributed by atoms with Crippen molar-refractivity contribution in [3.05, 3.63) is 94.3 Å². The highest BCUT2D eigenvalue weighted by Crippen LogP contribution is 2.18. The Labute approximate surface area is 206 Å². The number of hydrogen-bond acceptors (Lipinski definition) is 5. The van der Waals surface area contributed by atoms with Gasteiger partial charge in [0.05, 0.1) is 11.5 Å². The third kappa shape index (κ3) is 8.24. The van der Waals surface area contributed by atoms with Gasteiger partial charge >= 0.3 is 5.97 Å². The fourth-order valence-corrected chi connectivity index (χ4v) is 4.84. The second-order valence-electron chi connectivity index (χ2n) is 7.96. The molecule has 1 aromatic heterocycles. The van der Waals surface area contributed by atoms with Crippen LogP contribution in [-0.2, 0) is 38.8 Å². The number of aryl methyl sites for hydroxylation is 2. The minimum Gasteiger partial charge on any atom is -0.466 e. The van der Waals surface area contributed by atoms with Crippen molar-refractivity contribution >= 4 is 27.6 Å². The zero-order chi connectivity index (χ0) is 24.4. The number of nitrogens with zero attached hydrogens (tertiary/aromatic N) is 1. The Bertz CT molecular complexity index is 1180. The molecule has 3 aromatic rings. The SMILES string of the molecule is CCOC(=O)CCc1cc(CCCNS(=O)(=O)c2ccc(Cl)cc2)cc(Cc2cccnc2)c1. The van der Waals surface area contributed by atoms with Crippen LogP contribution in [0.5, 0.6) is 0 Å². The second kappa shape index (κ2) is 12.6. The summed E-state index contributed by atoms with van der Waals surface area (Å²) < 4.78 is 32.6. The van der Waals surface area contributed by atoms with Crippen LogP contribution in [-0.4, -0.2) is 32.5 Å². The molecule has 0 aliphatic heterocycles. The van der Waals surface area contributed by atoms with E-state index in [1.807, 2.05) is 18.3 Å². The van der Waals surface area contributed by atoms with E-state index < -0.39 is 10.0 Å². The Morgan fingerprint density at radius 2 is 1.71 bits per heavy atom. The lowest BCUT2D eigenvalue weighted by Gasteiger charge is -2.11. The number of pyridine rings is 1. The molecule has 180 valence electrons. The Morgan fingerprint density at radius 1 is 1.00 bits per heavy atom. The first-order valence-corrected chi connectivity index (χ1v) is 13.1. The van der Waals surface area contributed by atoms with E-state index >= 15 is 0 Å². The van der Waals surface area contributed by atoms with E-state index in [0.29, 0.717) is 43.9 Å². The molecular formula is C26H29ClN2O4S. The molecule has 0 amide bonds. The molecule has 0 unspecified atom stereocenters. The lowest BCUT2D eigenvalue weighted by atomic mass is 9.96. The maximum Gasteiger partial charge on any atom is 0.306 e. The molecule has 0 atom stereocenters. The molecule has 1 N–H and O–H groups in total. The Balaban J connectivity index is 1.65. The van der Waals surface area contributed by atoms with Crippen molar-refractivity contribution < 1.29 is 17.9 Å². The van der Waals surface area contributed by atoms with Gasteiger partial charge in [-0.25, -0.2) is 13.1 Å². The molecule has 0 radical (unpaired) electrons. The maximum atomic E-state index is 12.5. The minimum atomic E-state index is -3.58. The van der Waals surface area contributed by atoms with Gasteiger partial charge in [-0.3, -0.25) is 9.78 Å². The number of carbonyl (C=O) groups is 1. The highest BCUT2D eigenvalue weighted by atomic mass is 35.5. The topological polar surface area (TPSA) is 85.4 Å². The summed E-state index contributed by atoms with van der Waals surface area (Å²) >= 11 is 5.84. The van der Waals surface area contributed by atoms with Crippen LogP contribution in [0.2, 0.25) is 5.02 Å². The highest BCUT2D eigenvalue weighted by Gasteiger charge is 2.13. The molecule has 0 aliphatic carbocycles. The molecule has 0 spiro atoms. The zero-order valence-electron chi connectivity index (χ0n) is 19.2. The van der Waals surface area contributed by atoms with Crippen molar-refractivity contribution in [3.63, 3.8) is 0 Å². The number of nitrogens with one attached hydrogen (secondary N) is 1. The molecule has 0 bridgehead atoms. The summed E-state index contributed by atoms with van der Waals surface area (Å²) in [6.07, 6.45) is 6.58. The van der Waals surface area contributed by atoms with Gasteiger partial charge in [0.15, 0.2) is 0 Å². The predicted octanol–water partition coefficient (Wildman–Crippen LogP) is 4.73. The van der Waals surface area contributed by atoms with Gasteiger partial charge in [-0.05, 0) is 85.2 Å². The Hall–Kier alpha value is -2.74. The number of benzene rings is 2. The Kier molecular flexibility index (Phi) is 9.62. The maximum absolute atomic E-state index is 12.5. The first-order chi connectivity index (χ1) is 16.4. The average Bonchev–Trinajstić information content (AvgIpc) is 2.82. The van der Waals surface area contributed by atoms with E-state index in [2.05, 4.69) is 27.9 Å². The number of rotatable bonds is 12. The molecule has 0 fully saturated rings.